The van der Waals surface area contributed by atoms with Crippen LogP contribution in [-0.4, -0.2) is 52.3 Å². The summed E-state index contributed by atoms with van der Waals surface area (Å²) in [5.74, 6) is -0.148. The average Bonchev–Trinajstić information content (AvgIpc) is 3.41. The van der Waals surface area contributed by atoms with Gasteiger partial charge in [0.1, 0.15) is 17.2 Å². The molecule has 0 atom stereocenters. The smallest absolute Gasteiger partial charge is 0.328 e. The lowest BCUT2D eigenvalue weighted by atomic mass is 9.84. The molecule has 32 heavy (non-hydrogen) atoms. The number of amidine groups is 1. The minimum atomic E-state index is -0.658. The Bertz CT molecular complexity index is 1040. The summed E-state index contributed by atoms with van der Waals surface area (Å²) in [5, 5.41) is 3.02. The number of nitrogens with one attached hydrogen (secondary N) is 1. The number of carbonyl (C=O) groups is 2. The van der Waals surface area contributed by atoms with E-state index in [1.807, 2.05) is 6.07 Å². The van der Waals surface area contributed by atoms with Gasteiger partial charge < -0.3 is 4.90 Å². The van der Waals surface area contributed by atoms with Crippen molar-refractivity contribution in [1.82, 2.24) is 15.2 Å². The molecule has 2 aromatic rings. The van der Waals surface area contributed by atoms with Gasteiger partial charge in [-0.05, 0) is 49.9 Å². The van der Waals surface area contributed by atoms with E-state index in [2.05, 4.69) is 10.3 Å². The number of nitrogens with zero attached hydrogens (tertiary/aromatic N) is 4. The number of piperidine rings is 1. The molecule has 1 saturated carbocycles. The van der Waals surface area contributed by atoms with Crippen LogP contribution in [0.2, 0.25) is 0 Å². The van der Waals surface area contributed by atoms with E-state index < -0.39 is 11.4 Å². The third-order valence-corrected chi connectivity index (χ3v) is 6.82. The molecule has 1 aliphatic carbocycles. The summed E-state index contributed by atoms with van der Waals surface area (Å²) in [6.45, 7) is 0.811. The number of halogens is 1. The summed E-state index contributed by atoms with van der Waals surface area (Å²) in [6, 6.07) is 9.72. The van der Waals surface area contributed by atoms with Crippen molar-refractivity contribution in [3.8, 4) is 0 Å². The maximum absolute atomic E-state index is 14.2. The zero-order chi connectivity index (χ0) is 22.1. The van der Waals surface area contributed by atoms with Crippen molar-refractivity contribution < 1.29 is 14.0 Å². The van der Waals surface area contributed by atoms with Gasteiger partial charge in [-0.15, -0.1) is 0 Å². The number of amides is 3. The van der Waals surface area contributed by atoms with Gasteiger partial charge >= 0.3 is 6.03 Å². The van der Waals surface area contributed by atoms with Crippen LogP contribution in [0.25, 0.3) is 0 Å². The lowest BCUT2D eigenvalue weighted by molar-refractivity contribution is 0.0695. The van der Waals surface area contributed by atoms with Gasteiger partial charge in [0, 0.05) is 19.3 Å². The molecular weight excluding hydrogens is 409 g/mol. The van der Waals surface area contributed by atoms with Crippen LogP contribution in [0.5, 0.6) is 0 Å². The molecule has 3 fully saturated rings. The highest BCUT2D eigenvalue weighted by molar-refractivity contribution is 6.19. The summed E-state index contributed by atoms with van der Waals surface area (Å²) in [4.78, 5) is 38.6. The molecule has 2 aliphatic heterocycles. The number of hydrogen-bond donors (Lipinski definition) is 1. The summed E-state index contributed by atoms with van der Waals surface area (Å²) < 4.78 is 14.2. The number of aliphatic imine (C=N–C) groups is 1. The van der Waals surface area contributed by atoms with Crippen molar-refractivity contribution in [2.24, 2.45) is 4.99 Å². The van der Waals surface area contributed by atoms with Crippen molar-refractivity contribution >= 4 is 23.5 Å². The third-order valence-electron chi connectivity index (χ3n) is 6.82. The first-order chi connectivity index (χ1) is 15.6. The molecule has 0 bridgehead atoms. The fraction of sp³-hybridized carbons (Fsp3) is 0.417. The Hall–Kier alpha value is -3.29. The van der Waals surface area contributed by atoms with E-state index in [9.17, 15) is 14.0 Å². The van der Waals surface area contributed by atoms with E-state index in [-0.39, 0.29) is 23.5 Å². The Morgan fingerprint density at radius 1 is 1.12 bits per heavy atom. The van der Waals surface area contributed by atoms with Crippen molar-refractivity contribution in [2.45, 2.75) is 50.1 Å². The minimum absolute atomic E-state index is 0.0769. The third kappa shape index (κ3) is 3.53. The molecule has 2 saturated heterocycles. The molecule has 3 aliphatic rings. The van der Waals surface area contributed by atoms with E-state index in [0.717, 1.165) is 25.7 Å². The normalized spacial score (nSPS) is 22.0. The van der Waals surface area contributed by atoms with Crippen LogP contribution in [0.15, 0.2) is 53.8 Å². The quantitative estimate of drug-likeness (QED) is 0.797. The van der Waals surface area contributed by atoms with E-state index >= 15 is 0 Å². The van der Waals surface area contributed by atoms with Crippen LogP contribution in [-0.2, 0) is 0 Å². The first-order valence-electron chi connectivity index (χ1n) is 11.2. The zero-order valence-corrected chi connectivity index (χ0v) is 17.8. The molecular formula is C24H26FN5O2. The van der Waals surface area contributed by atoms with Gasteiger partial charge in [-0.3, -0.25) is 25.0 Å². The number of benzene rings is 1. The highest BCUT2D eigenvalue weighted by atomic mass is 19.1. The molecule has 0 radical (unpaired) electrons. The second-order valence-electron chi connectivity index (χ2n) is 8.70. The minimum Gasteiger partial charge on any atom is -0.338 e. The first-order valence-corrected chi connectivity index (χ1v) is 11.2. The lowest BCUT2D eigenvalue weighted by Gasteiger charge is -2.43. The van der Waals surface area contributed by atoms with Crippen molar-refractivity contribution in [3.63, 3.8) is 0 Å². The standard InChI is InChI=1S/C24H26FN5O2/c25-20-10-4-3-9-19(20)21(31)29-14-11-24(12-15-29)22(27-17-6-1-2-7-17)28-23(32)30(24)18-8-5-13-26-16-18/h3-5,8-10,13,16-17H,1-2,6-7,11-12,14-15H2,(H,27,28,32). The van der Waals surface area contributed by atoms with Gasteiger partial charge in [-0.1, -0.05) is 25.0 Å². The van der Waals surface area contributed by atoms with Gasteiger partial charge in [0.15, 0.2) is 0 Å². The predicted octanol–water partition coefficient (Wildman–Crippen LogP) is 3.77. The predicted molar refractivity (Wildman–Crippen MR) is 119 cm³/mol. The number of likely N-dealkylation sites (tertiary alicyclic amines) is 1. The monoisotopic (exact) mass is 435 g/mol. The summed E-state index contributed by atoms with van der Waals surface area (Å²) >= 11 is 0. The SMILES string of the molecule is O=C(c1ccccc1F)N1CCC2(CC1)C(=NC1CCCC1)NC(=O)N2c1cccnc1. The van der Waals surface area contributed by atoms with Crippen LogP contribution < -0.4 is 10.2 Å². The Labute approximate surface area is 186 Å². The molecule has 1 aromatic carbocycles. The molecule has 8 heteroatoms. The Morgan fingerprint density at radius 2 is 1.88 bits per heavy atom. The number of urea groups is 1. The van der Waals surface area contributed by atoms with Gasteiger partial charge in [0.05, 0.1) is 23.5 Å². The first kappa shape index (κ1) is 20.6. The number of aromatic nitrogens is 1. The van der Waals surface area contributed by atoms with Gasteiger partial charge in [-0.2, -0.15) is 0 Å². The number of carbonyl (C=O) groups excluding carboxylic acids is 2. The zero-order valence-electron chi connectivity index (χ0n) is 17.8. The molecule has 1 aromatic heterocycles. The highest BCUT2D eigenvalue weighted by Crippen LogP contribution is 2.38. The topological polar surface area (TPSA) is 77.9 Å². The Balaban J connectivity index is 1.45. The number of anilines is 1. The van der Waals surface area contributed by atoms with Crippen LogP contribution >= 0.6 is 0 Å². The lowest BCUT2D eigenvalue weighted by Crippen LogP contribution is -2.58. The summed E-state index contributed by atoms with van der Waals surface area (Å²) in [6.07, 6.45) is 8.75. The van der Waals surface area contributed by atoms with E-state index in [4.69, 9.17) is 4.99 Å². The van der Waals surface area contributed by atoms with Crippen molar-refractivity contribution in [2.75, 3.05) is 18.0 Å². The van der Waals surface area contributed by atoms with E-state index in [1.54, 1.807) is 40.4 Å². The largest absolute Gasteiger partial charge is 0.338 e. The maximum atomic E-state index is 14.2. The van der Waals surface area contributed by atoms with Gasteiger partial charge in [0.2, 0.25) is 0 Å². The number of pyridine rings is 1. The second kappa shape index (κ2) is 8.33. The molecule has 166 valence electrons. The van der Waals surface area contributed by atoms with Crippen molar-refractivity contribution in [3.05, 3.63) is 60.2 Å². The summed E-state index contributed by atoms with van der Waals surface area (Å²) in [7, 11) is 0. The maximum Gasteiger partial charge on any atom is 0.328 e. The molecule has 7 nitrogen and oxygen atoms in total. The number of rotatable bonds is 3. The van der Waals surface area contributed by atoms with Crippen LogP contribution in [0, 0.1) is 5.82 Å². The van der Waals surface area contributed by atoms with Gasteiger partial charge in [-0.25, -0.2) is 9.18 Å². The van der Waals surface area contributed by atoms with E-state index in [0.29, 0.717) is 37.5 Å². The van der Waals surface area contributed by atoms with Gasteiger partial charge in [0.25, 0.3) is 5.91 Å². The number of hydrogen-bond acceptors (Lipinski definition) is 4. The van der Waals surface area contributed by atoms with Crippen molar-refractivity contribution in [1.29, 1.82) is 0 Å². The average molecular weight is 436 g/mol. The highest BCUT2D eigenvalue weighted by Gasteiger charge is 2.53. The second-order valence-corrected chi connectivity index (χ2v) is 8.70. The molecule has 1 spiro atoms. The van der Waals surface area contributed by atoms with Crippen LogP contribution in [0.1, 0.15) is 48.9 Å². The van der Waals surface area contributed by atoms with E-state index in [1.165, 1.54) is 12.1 Å². The fourth-order valence-corrected chi connectivity index (χ4v) is 5.14. The van der Waals surface area contributed by atoms with Crippen LogP contribution in [0.4, 0.5) is 14.9 Å². The molecule has 1 N–H and O–H groups in total. The van der Waals surface area contributed by atoms with Crippen LogP contribution in [0.3, 0.4) is 0 Å². The molecule has 5 rings (SSSR count). The summed E-state index contributed by atoms with van der Waals surface area (Å²) in [5.41, 5.74) is 0.123. The fourth-order valence-electron chi connectivity index (χ4n) is 5.14. The molecule has 3 amide bonds. The molecule has 3 heterocycles. The Kier molecular flexibility index (Phi) is 5.36. The Morgan fingerprint density at radius 3 is 2.56 bits per heavy atom. The molecule has 0 unspecified atom stereocenters.